The Hall–Kier alpha value is -1.56. The largest absolute Gasteiger partial charge is 0.481 e. The van der Waals surface area contributed by atoms with E-state index in [1.807, 2.05) is 18.4 Å². The summed E-state index contributed by atoms with van der Waals surface area (Å²) in [7, 11) is 0. The van der Waals surface area contributed by atoms with Gasteiger partial charge in [0.25, 0.3) is 0 Å². The minimum absolute atomic E-state index is 0.0187. The first-order valence-corrected chi connectivity index (χ1v) is 7.79. The summed E-state index contributed by atoms with van der Waals surface area (Å²) in [6.07, 6.45) is 0.513. The van der Waals surface area contributed by atoms with Crippen LogP contribution < -0.4 is 5.32 Å². The van der Waals surface area contributed by atoms with Crippen molar-refractivity contribution in [3.05, 3.63) is 21.9 Å². The number of ether oxygens (including phenoxy) is 1. The lowest BCUT2D eigenvalue weighted by Crippen LogP contribution is -2.40. The molecule has 0 aliphatic rings. The molecule has 1 aromatic heterocycles. The Balaban J connectivity index is 2.66. The van der Waals surface area contributed by atoms with Crippen molar-refractivity contribution in [3.8, 4) is 0 Å². The number of amides is 1. The van der Waals surface area contributed by atoms with Crippen LogP contribution in [0.1, 0.15) is 44.1 Å². The Kier molecular flexibility index (Phi) is 6.20. The molecule has 0 radical (unpaired) electrons. The average Bonchev–Trinajstić information content (AvgIpc) is 2.69. The summed E-state index contributed by atoms with van der Waals surface area (Å²) >= 11 is 1.61. The standard InChI is InChI=1S/C15H23NO4S/c1-10-7-8-21-12(10)9-11(5-6-13(17)18)16-14(19)20-15(2,3)4/h7-8,11H,5-6,9H2,1-4H3,(H,16,19)(H,17,18). The zero-order valence-electron chi connectivity index (χ0n) is 12.9. The van der Waals surface area contributed by atoms with Gasteiger partial charge in [0.1, 0.15) is 5.60 Å². The fourth-order valence-corrected chi connectivity index (χ4v) is 2.82. The van der Waals surface area contributed by atoms with E-state index in [-0.39, 0.29) is 12.5 Å². The highest BCUT2D eigenvalue weighted by Crippen LogP contribution is 2.19. The number of hydrogen-bond donors (Lipinski definition) is 2. The van der Waals surface area contributed by atoms with Crippen LogP contribution in [0.4, 0.5) is 4.79 Å². The van der Waals surface area contributed by atoms with Gasteiger partial charge in [-0.1, -0.05) is 0 Å². The SMILES string of the molecule is Cc1ccsc1CC(CCC(=O)O)NC(=O)OC(C)(C)C. The van der Waals surface area contributed by atoms with Gasteiger partial charge in [-0.3, -0.25) is 4.79 Å². The number of carboxylic acids is 1. The second-order valence-corrected chi connectivity index (χ2v) is 7.01. The van der Waals surface area contributed by atoms with Crippen molar-refractivity contribution < 1.29 is 19.4 Å². The van der Waals surface area contributed by atoms with E-state index in [1.165, 1.54) is 0 Å². The number of aliphatic carboxylic acids is 1. The van der Waals surface area contributed by atoms with Crippen molar-refractivity contribution in [1.29, 1.82) is 0 Å². The number of carboxylic acid groups (broad SMARTS) is 1. The highest BCUT2D eigenvalue weighted by Gasteiger charge is 2.21. The van der Waals surface area contributed by atoms with Crippen LogP contribution in [0.3, 0.4) is 0 Å². The number of rotatable bonds is 6. The molecule has 0 fully saturated rings. The first-order chi connectivity index (χ1) is 9.67. The first-order valence-electron chi connectivity index (χ1n) is 6.91. The first kappa shape index (κ1) is 17.5. The van der Waals surface area contributed by atoms with Gasteiger partial charge in [0, 0.05) is 23.8 Å². The van der Waals surface area contributed by atoms with Gasteiger partial charge in [-0.05, 0) is 51.1 Å². The maximum atomic E-state index is 11.8. The summed E-state index contributed by atoms with van der Waals surface area (Å²) in [5, 5.41) is 13.6. The normalized spacial score (nSPS) is 12.8. The van der Waals surface area contributed by atoms with Gasteiger partial charge in [-0.2, -0.15) is 0 Å². The summed E-state index contributed by atoms with van der Waals surface area (Å²) in [4.78, 5) is 23.8. The van der Waals surface area contributed by atoms with Crippen molar-refractivity contribution in [2.24, 2.45) is 0 Å². The predicted octanol–water partition coefficient (Wildman–Crippen LogP) is 3.36. The van der Waals surface area contributed by atoms with Gasteiger partial charge in [0.2, 0.25) is 0 Å². The third kappa shape index (κ3) is 7.13. The van der Waals surface area contributed by atoms with Gasteiger partial charge in [-0.25, -0.2) is 4.79 Å². The number of hydrogen-bond acceptors (Lipinski definition) is 4. The quantitative estimate of drug-likeness (QED) is 0.844. The molecule has 1 heterocycles. The summed E-state index contributed by atoms with van der Waals surface area (Å²) in [5.41, 5.74) is 0.589. The molecule has 5 nitrogen and oxygen atoms in total. The summed E-state index contributed by atoms with van der Waals surface area (Å²) < 4.78 is 5.23. The van der Waals surface area contributed by atoms with Crippen molar-refractivity contribution in [2.45, 2.75) is 58.6 Å². The van der Waals surface area contributed by atoms with Crippen LogP contribution in [-0.2, 0) is 16.0 Å². The molecule has 1 unspecified atom stereocenters. The van der Waals surface area contributed by atoms with Crippen LogP contribution in [0.25, 0.3) is 0 Å². The van der Waals surface area contributed by atoms with Crippen LogP contribution in [0.2, 0.25) is 0 Å². The lowest BCUT2D eigenvalue weighted by Gasteiger charge is -2.23. The van der Waals surface area contributed by atoms with E-state index < -0.39 is 17.7 Å². The Morgan fingerprint density at radius 2 is 2.10 bits per heavy atom. The molecule has 2 N–H and O–H groups in total. The van der Waals surface area contributed by atoms with Crippen LogP contribution in [0.5, 0.6) is 0 Å². The summed E-state index contributed by atoms with van der Waals surface area (Å²) in [6, 6.07) is 1.77. The Morgan fingerprint density at radius 1 is 1.43 bits per heavy atom. The number of carbonyl (C=O) groups is 2. The van der Waals surface area contributed by atoms with Crippen LogP contribution >= 0.6 is 11.3 Å². The Bertz CT molecular complexity index is 490. The molecule has 1 aromatic rings. The third-order valence-corrected chi connectivity index (χ3v) is 3.87. The molecular weight excluding hydrogens is 290 g/mol. The van der Waals surface area contributed by atoms with Crippen molar-refractivity contribution in [2.75, 3.05) is 0 Å². The fraction of sp³-hybridized carbons (Fsp3) is 0.600. The topological polar surface area (TPSA) is 75.6 Å². The zero-order valence-corrected chi connectivity index (χ0v) is 13.8. The van der Waals surface area contributed by atoms with Gasteiger partial charge in [-0.15, -0.1) is 11.3 Å². The molecule has 1 atom stereocenters. The zero-order chi connectivity index (χ0) is 16.0. The third-order valence-electron chi connectivity index (χ3n) is 2.83. The van der Waals surface area contributed by atoms with E-state index in [0.717, 1.165) is 10.4 Å². The molecule has 0 aliphatic carbocycles. The van der Waals surface area contributed by atoms with Gasteiger partial charge in [0.05, 0.1) is 0 Å². The molecule has 21 heavy (non-hydrogen) atoms. The second kappa shape index (κ2) is 7.45. The number of thiophene rings is 1. The molecule has 1 amide bonds. The molecule has 1 rings (SSSR count). The van der Waals surface area contributed by atoms with E-state index >= 15 is 0 Å². The minimum Gasteiger partial charge on any atom is -0.481 e. The number of carbonyl (C=O) groups excluding carboxylic acids is 1. The summed E-state index contributed by atoms with van der Waals surface area (Å²) in [6.45, 7) is 7.39. The smallest absolute Gasteiger partial charge is 0.407 e. The van der Waals surface area contributed by atoms with Gasteiger partial charge < -0.3 is 15.2 Å². The molecular formula is C15H23NO4S. The van der Waals surface area contributed by atoms with Crippen LogP contribution in [-0.4, -0.2) is 28.8 Å². The van der Waals surface area contributed by atoms with Crippen molar-refractivity contribution >= 4 is 23.4 Å². The minimum atomic E-state index is -0.867. The second-order valence-electron chi connectivity index (χ2n) is 6.01. The molecule has 6 heteroatoms. The van der Waals surface area contributed by atoms with E-state index in [2.05, 4.69) is 5.32 Å². The number of nitrogens with one attached hydrogen (secondary N) is 1. The van der Waals surface area contributed by atoms with Gasteiger partial charge >= 0.3 is 12.1 Å². The van der Waals surface area contributed by atoms with E-state index in [1.54, 1.807) is 32.1 Å². The fourth-order valence-electron chi connectivity index (χ4n) is 1.83. The van der Waals surface area contributed by atoms with Crippen LogP contribution in [0, 0.1) is 6.92 Å². The molecule has 0 saturated carbocycles. The van der Waals surface area contributed by atoms with Gasteiger partial charge in [0.15, 0.2) is 0 Å². The lowest BCUT2D eigenvalue weighted by atomic mass is 10.1. The molecule has 118 valence electrons. The van der Waals surface area contributed by atoms with Crippen LogP contribution in [0.15, 0.2) is 11.4 Å². The highest BCUT2D eigenvalue weighted by molar-refractivity contribution is 7.10. The molecule has 0 spiro atoms. The monoisotopic (exact) mass is 313 g/mol. The van der Waals surface area contributed by atoms with Crippen molar-refractivity contribution in [3.63, 3.8) is 0 Å². The van der Waals surface area contributed by atoms with E-state index in [0.29, 0.717) is 12.8 Å². The number of aryl methyl sites for hydroxylation is 1. The maximum absolute atomic E-state index is 11.8. The molecule has 0 aliphatic heterocycles. The maximum Gasteiger partial charge on any atom is 0.407 e. The lowest BCUT2D eigenvalue weighted by molar-refractivity contribution is -0.137. The molecule has 0 saturated heterocycles. The average molecular weight is 313 g/mol. The van der Waals surface area contributed by atoms with Crippen molar-refractivity contribution in [1.82, 2.24) is 5.32 Å². The Labute approximate surface area is 129 Å². The Morgan fingerprint density at radius 3 is 2.57 bits per heavy atom. The number of alkyl carbamates (subject to hydrolysis) is 1. The molecule has 0 aromatic carbocycles. The summed E-state index contributed by atoms with van der Waals surface area (Å²) in [5.74, 6) is -0.867. The van der Waals surface area contributed by atoms with E-state index in [4.69, 9.17) is 9.84 Å². The highest BCUT2D eigenvalue weighted by atomic mass is 32.1. The molecule has 0 bridgehead atoms. The van der Waals surface area contributed by atoms with E-state index in [9.17, 15) is 9.59 Å². The predicted molar refractivity (Wildman–Crippen MR) is 82.8 cm³/mol.